The van der Waals surface area contributed by atoms with Crippen LogP contribution in [0.25, 0.3) is 0 Å². The fourth-order valence-electron chi connectivity index (χ4n) is 3.86. The molecule has 0 fully saturated rings. The lowest BCUT2D eigenvalue weighted by molar-refractivity contribution is -0.137. The van der Waals surface area contributed by atoms with E-state index in [0.717, 1.165) is 30.5 Å². The van der Waals surface area contributed by atoms with Gasteiger partial charge in [-0.2, -0.15) is 13.2 Å². The summed E-state index contributed by atoms with van der Waals surface area (Å²) in [6.07, 6.45) is -1.55. The second-order valence-electron chi connectivity index (χ2n) is 9.29. The van der Waals surface area contributed by atoms with Crippen molar-refractivity contribution >= 4 is 17.7 Å². The first-order valence-electron chi connectivity index (χ1n) is 12.9. The molecule has 3 aromatic rings. The lowest BCUT2D eigenvalue weighted by Gasteiger charge is -2.20. The Labute approximate surface area is 230 Å². The maximum absolute atomic E-state index is 13.1. The number of nitrogens with two attached hydrogens (primary N) is 1. The van der Waals surface area contributed by atoms with Gasteiger partial charge in [-0.05, 0) is 59.5 Å². The number of amides is 3. The van der Waals surface area contributed by atoms with E-state index >= 15 is 0 Å². The van der Waals surface area contributed by atoms with Crippen molar-refractivity contribution < 1.29 is 32.3 Å². The molecule has 0 aliphatic heterocycles. The van der Waals surface area contributed by atoms with Crippen LogP contribution in [-0.4, -0.2) is 17.7 Å². The van der Waals surface area contributed by atoms with E-state index in [1.807, 2.05) is 6.92 Å². The summed E-state index contributed by atoms with van der Waals surface area (Å²) in [5.41, 5.74) is 6.74. The summed E-state index contributed by atoms with van der Waals surface area (Å²) in [6.45, 7) is 2.27. The summed E-state index contributed by atoms with van der Waals surface area (Å²) in [4.78, 5) is 37.0. The summed E-state index contributed by atoms with van der Waals surface area (Å²) in [5.74, 6) is -0.761. The van der Waals surface area contributed by atoms with Crippen LogP contribution in [0.2, 0.25) is 0 Å². The van der Waals surface area contributed by atoms with E-state index in [0.29, 0.717) is 35.3 Å². The molecule has 3 aromatic carbocycles. The molecule has 0 aliphatic carbocycles. The van der Waals surface area contributed by atoms with Gasteiger partial charge in [-0.3, -0.25) is 14.4 Å². The zero-order valence-electron chi connectivity index (χ0n) is 22.1. The van der Waals surface area contributed by atoms with Crippen LogP contribution in [0.1, 0.15) is 71.3 Å². The topological polar surface area (TPSA) is 111 Å². The molecule has 1 atom stereocenters. The summed E-state index contributed by atoms with van der Waals surface area (Å²) in [5, 5.41) is 5.62. The first-order chi connectivity index (χ1) is 19.1. The normalized spacial score (nSPS) is 11.9. The van der Waals surface area contributed by atoms with Crippen LogP contribution in [-0.2, 0) is 28.9 Å². The molecule has 40 heavy (non-hydrogen) atoms. The average molecular weight is 556 g/mol. The van der Waals surface area contributed by atoms with Crippen LogP contribution in [0.4, 0.5) is 13.2 Å². The molecule has 4 N–H and O–H groups in total. The highest BCUT2D eigenvalue weighted by molar-refractivity contribution is 5.92. The van der Waals surface area contributed by atoms with Crippen molar-refractivity contribution in [3.05, 3.63) is 101 Å². The number of unbranched alkanes of at least 4 members (excludes halogenated alkanes) is 2. The zero-order valence-corrected chi connectivity index (χ0v) is 22.1. The van der Waals surface area contributed by atoms with Gasteiger partial charge >= 0.3 is 6.18 Å². The van der Waals surface area contributed by atoms with Gasteiger partial charge in [0.25, 0.3) is 0 Å². The SMILES string of the molecule is CCCCCC(=O)N[C@H](C(=O)NCc1ccc(C(N)=O)cc1)c1ccc(OCc2ccc(C(F)(F)F)cc2)cc1. The van der Waals surface area contributed by atoms with Crippen molar-refractivity contribution in [2.24, 2.45) is 5.73 Å². The van der Waals surface area contributed by atoms with Gasteiger partial charge in [0.2, 0.25) is 17.7 Å². The maximum atomic E-state index is 13.1. The molecule has 0 spiro atoms. The highest BCUT2D eigenvalue weighted by Gasteiger charge is 2.30. The molecule has 0 bridgehead atoms. The van der Waals surface area contributed by atoms with E-state index in [9.17, 15) is 27.6 Å². The number of benzene rings is 3. The Morgan fingerprint density at radius 2 is 1.50 bits per heavy atom. The summed E-state index contributed by atoms with van der Waals surface area (Å²) >= 11 is 0. The molecule has 7 nitrogen and oxygen atoms in total. The third-order valence-corrected chi connectivity index (χ3v) is 6.18. The van der Waals surface area contributed by atoms with Crippen molar-refractivity contribution in [1.29, 1.82) is 0 Å². The van der Waals surface area contributed by atoms with E-state index in [1.165, 1.54) is 12.1 Å². The van der Waals surface area contributed by atoms with Crippen molar-refractivity contribution in [2.45, 2.75) is 58.0 Å². The van der Waals surface area contributed by atoms with Crippen LogP contribution >= 0.6 is 0 Å². The van der Waals surface area contributed by atoms with Crippen molar-refractivity contribution in [3.8, 4) is 5.75 Å². The van der Waals surface area contributed by atoms with Gasteiger partial charge in [-0.25, -0.2) is 0 Å². The fraction of sp³-hybridized carbons (Fsp3) is 0.300. The Kier molecular flexibility index (Phi) is 10.7. The number of ether oxygens (including phenoxy) is 1. The van der Waals surface area contributed by atoms with E-state index in [2.05, 4.69) is 10.6 Å². The zero-order chi connectivity index (χ0) is 29.1. The number of nitrogens with one attached hydrogen (secondary N) is 2. The standard InChI is InChI=1S/C30H32F3N3O4/c1-2-3-4-5-26(37)36-27(29(39)35-18-20-6-10-23(11-7-20)28(34)38)22-12-16-25(17-13-22)40-19-21-8-14-24(15-9-21)30(31,32)33/h6-17,27H,2-5,18-19H2,1H3,(H2,34,38)(H,35,39)(H,36,37)/t27-/m0/s1. The minimum atomic E-state index is -4.40. The number of carbonyl (C=O) groups is 3. The minimum absolute atomic E-state index is 0.0596. The number of hydrogen-bond donors (Lipinski definition) is 3. The second kappa shape index (κ2) is 14.2. The van der Waals surface area contributed by atoms with Crippen molar-refractivity contribution in [1.82, 2.24) is 10.6 Å². The van der Waals surface area contributed by atoms with Crippen LogP contribution in [0.15, 0.2) is 72.8 Å². The Balaban J connectivity index is 1.66. The van der Waals surface area contributed by atoms with Crippen LogP contribution in [0.5, 0.6) is 5.75 Å². The van der Waals surface area contributed by atoms with E-state index < -0.39 is 29.6 Å². The number of primary amides is 1. The number of rotatable bonds is 13. The van der Waals surface area contributed by atoms with Crippen LogP contribution < -0.4 is 21.1 Å². The lowest BCUT2D eigenvalue weighted by atomic mass is 10.0. The number of carbonyl (C=O) groups excluding carboxylic acids is 3. The molecule has 3 rings (SSSR count). The number of halogens is 3. The van der Waals surface area contributed by atoms with Gasteiger partial charge in [0.1, 0.15) is 18.4 Å². The van der Waals surface area contributed by atoms with E-state index in [4.69, 9.17) is 10.5 Å². The molecular weight excluding hydrogens is 523 g/mol. The first kappa shape index (κ1) is 30.2. The van der Waals surface area contributed by atoms with E-state index in [1.54, 1.807) is 48.5 Å². The van der Waals surface area contributed by atoms with Gasteiger partial charge in [-0.1, -0.05) is 56.2 Å². The predicted octanol–water partition coefficient (Wildman–Crippen LogP) is 5.44. The molecule has 0 saturated carbocycles. The monoisotopic (exact) mass is 555 g/mol. The smallest absolute Gasteiger partial charge is 0.416 e. The first-order valence-corrected chi connectivity index (χ1v) is 12.9. The highest BCUT2D eigenvalue weighted by Crippen LogP contribution is 2.29. The predicted molar refractivity (Wildman–Crippen MR) is 144 cm³/mol. The Morgan fingerprint density at radius 1 is 0.875 bits per heavy atom. The molecule has 0 radical (unpaired) electrons. The van der Waals surface area contributed by atoms with Gasteiger partial charge in [0.05, 0.1) is 5.56 Å². The Bertz CT molecular complexity index is 1280. The van der Waals surface area contributed by atoms with Gasteiger partial charge in [-0.15, -0.1) is 0 Å². The van der Waals surface area contributed by atoms with Gasteiger partial charge in [0, 0.05) is 18.5 Å². The highest BCUT2D eigenvalue weighted by atomic mass is 19.4. The molecular formula is C30H32F3N3O4. The molecule has 212 valence electrons. The summed E-state index contributed by atoms with van der Waals surface area (Å²) in [7, 11) is 0. The molecule has 0 saturated heterocycles. The second-order valence-corrected chi connectivity index (χ2v) is 9.29. The van der Waals surface area contributed by atoms with Crippen LogP contribution in [0.3, 0.4) is 0 Å². The van der Waals surface area contributed by atoms with Crippen molar-refractivity contribution in [2.75, 3.05) is 0 Å². The Morgan fingerprint density at radius 3 is 2.08 bits per heavy atom. The molecule has 0 unspecified atom stereocenters. The third-order valence-electron chi connectivity index (χ3n) is 6.18. The average Bonchev–Trinajstić information content (AvgIpc) is 2.94. The maximum Gasteiger partial charge on any atom is 0.416 e. The Hall–Kier alpha value is -4.34. The quantitative estimate of drug-likeness (QED) is 0.244. The molecule has 0 heterocycles. The molecule has 10 heteroatoms. The molecule has 0 aromatic heterocycles. The largest absolute Gasteiger partial charge is 0.489 e. The summed E-state index contributed by atoms with van der Waals surface area (Å²) in [6, 6.07) is 16.8. The lowest BCUT2D eigenvalue weighted by Crippen LogP contribution is -2.40. The number of hydrogen-bond acceptors (Lipinski definition) is 4. The summed E-state index contributed by atoms with van der Waals surface area (Å²) < 4.78 is 44.0. The fourth-order valence-corrected chi connectivity index (χ4v) is 3.86. The van der Waals surface area contributed by atoms with Gasteiger partial charge in [0.15, 0.2) is 0 Å². The van der Waals surface area contributed by atoms with E-state index in [-0.39, 0.29) is 19.1 Å². The minimum Gasteiger partial charge on any atom is -0.489 e. The third kappa shape index (κ3) is 9.14. The number of alkyl halides is 3. The van der Waals surface area contributed by atoms with Crippen molar-refractivity contribution in [3.63, 3.8) is 0 Å². The molecule has 0 aliphatic rings. The molecule has 3 amide bonds. The van der Waals surface area contributed by atoms with Gasteiger partial charge < -0.3 is 21.1 Å². The van der Waals surface area contributed by atoms with Crippen LogP contribution in [0, 0.1) is 0 Å².